The third-order valence-corrected chi connectivity index (χ3v) is 3.64. The molecule has 0 radical (unpaired) electrons. The fourth-order valence-electron chi connectivity index (χ4n) is 2.52. The lowest BCUT2D eigenvalue weighted by Crippen LogP contribution is -2.18. The third kappa shape index (κ3) is 3.09. The number of aromatic nitrogens is 4. The average molecular weight is 305 g/mol. The van der Waals surface area contributed by atoms with Crippen LogP contribution in [0.15, 0.2) is 18.0 Å². The van der Waals surface area contributed by atoms with Gasteiger partial charge in [0.2, 0.25) is 0 Å². The van der Waals surface area contributed by atoms with Gasteiger partial charge in [-0.25, -0.2) is 4.98 Å². The summed E-state index contributed by atoms with van der Waals surface area (Å²) in [4.78, 5) is 12.1. The van der Waals surface area contributed by atoms with Gasteiger partial charge >= 0.3 is 6.08 Å². The molecule has 1 fully saturated rings. The van der Waals surface area contributed by atoms with Crippen molar-refractivity contribution >= 4 is 17.0 Å². The smallest absolute Gasteiger partial charge is 0.312 e. The first-order valence-electron chi connectivity index (χ1n) is 7.54. The van der Waals surface area contributed by atoms with Crippen LogP contribution in [0.2, 0.25) is 0 Å². The van der Waals surface area contributed by atoms with Crippen LogP contribution >= 0.6 is 0 Å². The number of rotatable bonds is 4. The molecule has 1 atom stereocenters. The molecule has 0 saturated carbocycles. The maximum absolute atomic E-state index is 13.7. The van der Waals surface area contributed by atoms with Crippen molar-refractivity contribution in [3.8, 4) is 0 Å². The highest BCUT2D eigenvalue weighted by molar-refractivity contribution is 5.82. The summed E-state index contributed by atoms with van der Waals surface area (Å²) in [6.07, 6.45) is 5.81. The highest BCUT2D eigenvalue weighted by Crippen LogP contribution is 2.27. The molecule has 2 aromatic heterocycles. The fraction of sp³-hybridized carbons (Fsp3) is 0.533. The summed E-state index contributed by atoms with van der Waals surface area (Å²) in [5.41, 5.74) is 2.22. The molecular formula is C15H20FN5O. The molecule has 0 aromatic carbocycles. The zero-order chi connectivity index (χ0) is 15.5. The van der Waals surface area contributed by atoms with E-state index in [0.717, 1.165) is 19.3 Å². The van der Waals surface area contributed by atoms with Crippen molar-refractivity contribution in [2.45, 2.75) is 39.3 Å². The van der Waals surface area contributed by atoms with Gasteiger partial charge in [-0.2, -0.15) is 14.4 Å². The Bertz CT molecular complexity index is 687. The van der Waals surface area contributed by atoms with E-state index in [1.807, 2.05) is 19.9 Å². The Kier molecular flexibility index (Phi) is 4.33. The van der Waals surface area contributed by atoms with E-state index in [2.05, 4.69) is 20.3 Å². The van der Waals surface area contributed by atoms with Crippen molar-refractivity contribution in [2.24, 2.45) is 0 Å². The minimum absolute atomic E-state index is 0.126. The summed E-state index contributed by atoms with van der Waals surface area (Å²) < 4.78 is 21.3. The monoisotopic (exact) mass is 305 g/mol. The van der Waals surface area contributed by atoms with Gasteiger partial charge in [0.05, 0.1) is 6.33 Å². The van der Waals surface area contributed by atoms with Gasteiger partial charge < -0.3 is 10.1 Å². The number of nitrogens with zero attached hydrogens (tertiary/aromatic N) is 4. The number of hydrogen-bond donors (Lipinski definition) is 1. The molecule has 1 unspecified atom stereocenters. The molecule has 22 heavy (non-hydrogen) atoms. The van der Waals surface area contributed by atoms with E-state index < -0.39 is 6.08 Å². The van der Waals surface area contributed by atoms with Gasteiger partial charge in [-0.3, -0.25) is 4.57 Å². The standard InChI is InChI=1S/C15H20FN5O/c1-10(2)6-7-17-13-12-14(20-15(16)19-13)21(9-18-12)11-5-3-4-8-22-11/h6,9,11H,3-5,7-8H2,1-2H3,(H,17,19,20). The average Bonchev–Trinajstić information content (AvgIpc) is 2.91. The van der Waals surface area contributed by atoms with Gasteiger partial charge in [0.15, 0.2) is 17.0 Å². The SMILES string of the molecule is CC(C)=CCNc1nc(F)nc2c1ncn2C1CCCCO1. The number of nitrogens with one attached hydrogen (secondary N) is 1. The van der Waals surface area contributed by atoms with Crippen LogP contribution in [0, 0.1) is 6.08 Å². The fourth-order valence-corrected chi connectivity index (χ4v) is 2.52. The first-order valence-corrected chi connectivity index (χ1v) is 7.54. The number of fused-ring (bicyclic) bond motifs is 1. The lowest BCUT2D eigenvalue weighted by atomic mass is 10.2. The largest absolute Gasteiger partial charge is 0.365 e. The molecule has 1 saturated heterocycles. The van der Waals surface area contributed by atoms with Crippen LogP contribution in [0.3, 0.4) is 0 Å². The highest BCUT2D eigenvalue weighted by atomic mass is 19.1. The lowest BCUT2D eigenvalue weighted by molar-refractivity contribution is -0.0298. The molecule has 0 bridgehead atoms. The topological polar surface area (TPSA) is 64.9 Å². The van der Waals surface area contributed by atoms with Crippen molar-refractivity contribution in [3.63, 3.8) is 0 Å². The predicted molar refractivity (Wildman–Crippen MR) is 82.0 cm³/mol. The Labute approximate surface area is 128 Å². The molecule has 7 heteroatoms. The van der Waals surface area contributed by atoms with Gasteiger partial charge in [0.1, 0.15) is 6.23 Å². The Morgan fingerprint density at radius 2 is 2.32 bits per heavy atom. The van der Waals surface area contributed by atoms with Crippen LogP contribution < -0.4 is 5.32 Å². The maximum Gasteiger partial charge on any atom is 0.312 e. The molecule has 0 spiro atoms. The van der Waals surface area contributed by atoms with Crippen molar-refractivity contribution < 1.29 is 9.13 Å². The number of imidazole rings is 1. The maximum atomic E-state index is 13.7. The number of hydrogen-bond acceptors (Lipinski definition) is 5. The molecule has 118 valence electrons. The zero-order valence-corrected chi connectivity index (χ0v) is 12.8. The second kappa shape index (κ2) is 6.39. The molecule has 6 nitrogen and oxygen atoms in total. The van der Waals surface area contributed by atoms with Crippen molar-refractivity contribution in [2.75, 3.05) is 18.5 Å². The highest BCUT2D eigenvalue weighted by Gasteiger charge is 2.21. The first-order chi connectivity index (χ1) is 10.6. The molecule has 1 aliphatic rings. The molecule has 3 rings (SSSR count). The number of anilines is 1. The molecule has 0 amide bonds. The van der Waals surface area contributed by atoms with E-state index >= 15 is 0 Å². The number of ether oxygens (including phenoxy) is 1. The number of allylic oxidation sites excluding steroid dienone is 1. The molecular weight excluding hydrogens is 285 g/mol. The molecule has 1 aliphatic heterocycles. The predicted octanol–water partition coefficient (Wildman–Crippen LogP) is 3.04. The van der Waals surface area contributed by atoms with Crippen molar-refractivity contribution in [3.05, 3.63) is 24.1 Å². The molecule has 2 aromatic rings. The lowest BCUT2D eigenvalue weighted by Gasteiger charge is -2.23. The second-order valence-electron chi connectivity index (χ2n) is 5.65. The van der Waals surface area contributed by atoms with Crippen LogP contribution in [-0.2, 0) is 4.74 Å². The van der Waals surface area contributed by atoms with E-state index in [1.165, 1.54) is 5.57 Å². The van der Waals surface area contributed by atoms with Crippen molar-refractivity contribution in [1.29, 1.82) is 0 Å². The second-order valence-corrected chi connectivity index (χ2v) is 5.65. The Hall–Kier alpha value is -2.02. The zero-order valence-electron chi connectivity index (χ0n) is 12.8. The van der Waals surface area contributed by atoms with Crippen molar-refractivity contribution in [1.82, 2.24) is 19.5 Å². The normalized spacial score (nSPS) is 18.4. The van der Waals surface area contributed by atoms with Gasteiger partial charge in [-0.05, 0) is 33.1 Å². The van der Waals surface area contributed by atoms with Crippen LogP contribution in [0.25, 0.3) is 11.2 Å². The molecule has 0 aliphatic carbocycles. The Morgan fingerprint density at radius 3 is 3.05 bits per heavy atom. The minimum Gasteiger partial charge on any atom is -0.365 e. The van der Waals surface area contributed by atoms with Gasteiger partial charge in [-0.15, -0.1) is 0 Å². The summed E-state index contributed by atoms with van der Waals surface area (Å²) in [6, 6.07) is 0. The van der Waals surface area contributed by atoms with Crippen LogP contribution in [0.5, 0.6) is 0 Å². The summed E-state index contributed by atoms with van der Waals surface area (Å²) in [5.74, 6) is 0.412. The van der Waals surface area contributed by atoms with E-state index in [1.54, 1.807) is 10.9 Å². The number of halogens is 1. The quantitative estimate of drug-likeness (QED) is 0.695. The van der Waals surface area contributed by atoms with Gasteiger partial charge in [0, 0.05) is 13.2 Å². The van der Waals surface area contributed by atoms with Crippen LogP contribution in [0.4, 0.5) is 10.2 Å². The van der Waals surface area contributed by atoms with Gasteiger partial charge in [0.25, 0.3) is 0 Å². The third-order valence-electron chi connectivity index (χ3n) is 3.64. The molecule has 3 heterocycles. The van der Waals surface area contributed by atoms with Gasteiger partial charge in [-0.1, -0.05) is 11.6 Å². The van der Waals surface area contributed by atoms with E-state index in [4.69, 9.17) is 4.74 Å². The van der Waals surface area contributed by atoms with E-state index in [-0.39, 0.29) is 6.23 Å². The minimum atomic E-state index is -0.759. The summed E-state index contributed by atoms with van der Waals surface area (Å²) >= 11 is 0. The Morgan fingerprint density at radius 1 is 1.45 bits per heavy atom. The Balaban J connectivity index is 1.93. The summed E-state index contributed by atoms with van der Waals surface area (Å²) in [6.45, 7) is 5.30. The van der Waals surface area contributed by atoms with Crippen LogP contribution in [0.1, 0.15) is 39.3 Å². The summed E-state index contributed by atoms with van der Waals surface area (Å²) in [5, 5.41) is 3.09. The van der Waals surface area contributed by atoms with Crippen LogP contribution in [-0.4, -0.2) is 32.7 Å². The molecule has 1 N–H and O–H groups in total. The van der Waals surface area contributed by atoms with E-state index in [9.17, 15) is 4.39 Å². The first kappa shape index (κ1) is 14.9. The summed E-state index contributed by atoms with van der Waals surface area (Å²) in [7, 11) is 0. The van der Waals surface area contributed by atoms with E-state index in [0.29, 0.717) is 30.1 Å².